The molecule has 6 heteroatoms. The summed E-state index contributed by atoms with van der Waals surface area (Å²) in [5.74, 6) is -1.06. The fourth-order valence-corrected chi connectivity index (χ4v) is 3.56. The first-order valence-electron chi connectivity index (χ1n) is 7.99. The highest BCUT2D eigenvalue weighted by Gasteiger charge is 2.53. The van der Waals surface area contributed by atoms with Gasteiger partial charge in [-0.25, -0.2) is 4.79 Å². The van der Waals surface area contributed by atoms with E-state index in [1.165, 1.54) is 4.90 Å². The molecule has 1 spiro atoms. The molecule has 1 aromatic rings. The van der Waals surface area contributed by atoms with Gasteiger partial charge in [-0.15, -0.1) is 0 Å². The third kappa shape index (κ3) is 2.69. The van der Waals surface area contributed by atoms with Gasteiger partial charge in [0.2, 0.25) is 0 Å². The zero-order valence-electron chi connectivity index (χ0n) is 12.9. The van der Waals surface area contributed by atoms with Gasteiger partial charge in [0, 0.05) is 13.0 Å². The number of unbranched alkanes of at least 4 members (excludes halogenated alkanes) is 1. The first-order valence-corrected chi connectivity index (χ1v) is 7.99. The third-order valence-electron chi connectivity index (χ3n) is 4.67. The van der Waals surface area contributed by atoms with Crippen molar-refractivity contribution in [2.24, 2.45) is 0 Å². The van der Waals surface area contributed by atoms with E-state index in [9.17, 15) is 14.4 Å². The lowest BCUT2D eigenvalue weighted by Crippen LogP contribution is -2.46. The average Bonchev–Trinajstić information content (AvgIpc) is 2.76. The Kier molecular flexibility index (Phi) is 4.07. The molecular formula is C17H20N2O4. The Morgan fingerprint density at radius 2 is 2.04 bits per heavy atom. The SMILES string of the molecule is O=C(O)CCCCN1C(=O)NC2(CCCc3ccccc32)C1=O. The van der Waals surface area contributed by atoms with E-state index in [0.717, 1.165) is 24.0 Å². The minimum absolute atomic E-state index is 0.0532. The Balaban J connectivity index is 1.78. The molecule has 1 aliphatic heterocycles. The van der Waals surface area contributed by atoms with Crippen molar-refractivity contribution in [3.63, 3.8) is 0 Å². The van der Waals surface area contributed by atoms with Crippen LogP contribution in [0.25, 0.3) is 0 Å². The smallest absolute Gasteiger partial charge is 0.325 e. The van der Waals surface area contributed by atoms with Gasteiger partial charge in [-0.2, -0.15) is 0 Å². The molecule has 1 aromatic carbocycles. The van der Waals surface area contributed by atoms with Gasteiger partial charge >= 0.3 is 12.0 Å². The van der Waals surface area contributed by atoms with Crippen molar-refractivity contribution in [3.05, 3.63) is 35.4 Å². The summed E-state index contributed by atoms with van der Waals surface area (Å²) in [6, 6.07) is 7.39. The van der Waals surface area contributed by atoms with E-state index in [1.54, 1.807) is 0 Å². The number of amides is 3. The van der Waals surface area contributed by atoms with Crippen LogP contribution in [0.2, 0.25) is 0 Å². The number of nitrogens with zero attached hydrogens (tertiary/aromatic N) is 1. The fraction of sp³-hybridized carbons (Fsp3) is 0.471. The molecule has 23 heavy (non-hydrogen) atoms. The van der Waals surface area contributed by atoms with Crippen LogP contribution in [0.1, 0.15) is 43.2 Å². The van der Waals surface area contributed by atoms with Gasteiger partial charge in [0.05, 0.1) is 0 Å². The van der Waals surface area contributed by atoms with Crippen LogP contribution in [0.4, 0.5) is 4.79 Å². The molecule has 2 aliphatic rings. The highest BCUT2D eigenvalue weighted by molar-refractivity contribution is 6.07. The van der Waals surface area contributed by atoms with Gasteiger partial charge < -0.3 is 10.4 Å². The quantitative estimate of drug-likeness (QED) is 0.643. The zero-order valence-corrected chi connectivity index (χ0v) is 12.9. The molecule has 2 N–H and O–H groups in total. The normalized spacial score (nSPS) is 23.0. The molecule has 3 rings (SSSR count). The molecular weight excluding hydrogens is 296 g/mol. The summed E-state index contributed by atoms with van der Waals surface area (Å²) in [4.78, 5) is 37.0. The Bertz CT molecular complexity index is 658. The second-order valence-corrected chi connectivity index (χ2v) is 6.15. The predicted molar refractivity (Wildman–Crippen MR) is 82.8 cm³/mol. The van der Waals surface area contributed by atoms with Gasteiger partial charge in [-0.05, 0) is 43.2 Å². The monoisotopic (exact) mass is 316 g/mol. The topological polar surface area (TPSA) is 86.7 Å². The third-order valence-corrected chi connectivity index (χ3v) is 4.67. The Morgan fingerprint density at radius 3 is 2.83 bits per heavy atom. The number of hydrogen-bond donors (Lipinski definition) is 2. The Labute approximate surface area is 134 Å². The van der Waals surface area contributed by atoms with E-state index in [-0.39, 0.29) is 24.9 Å². The molecule has 122 valence electrons. The van der Waals surface area contributed by atoms with Gasteiger partial charge in [0.15, 0.2) is 0 Å². The van der Waals surface area contributed by atoms with Crippen LogP contribution in [0.15, 0.2) is 24.3 Å². The standard InChI is InChI=1S/C17H20N2O4/c20-14(21)9-3-4-11-19-15(22)17(18-16(19)23)10-5-7-12-6-1-2-8-13(12)17/h1-2,6,8H,3-5,7,9-11H2,(H,18,23)(H,20,21). The van der Waals surface area contributed by atoms with Crippen LogP contribution in [0.5, 0.6) is 0 Å². The molecule has 0 bridgehead atoms. The summed E-state index contributed by atoms with van der Waals surface area (Å²) >= 11 is 0. The van der Waals surface area contributed by atoms with Crippen molar-refractivity contribution in [2.45, 2.75) is 44.1 Å². The van der Waals surface area contributed by atoms with E-state index in [2.05, 4.69) is 5.32 Å². The lowest BCUT2D eigenvalue weighted by Gasteiger charge is -2.33. The van der Waals surface area contributed by atoms with Crippen molar-refractivity contribution < 1.29 is 19.5 Å². The number of imide groups is 1. The second-order valence-electron chi connectivity index (χ2n) is 6.15. The largest absolute Gasteiger partial charge is 0.481 e. The first-order chi connectivity index (χ1) is 11.0. The van der Waals surface area contributed by atoms with Gasteiger partial charge in [-0.1, -0.05) is 24.3 Å². The molecule has 1 saturated heterocycles. The van der Waals surface area contributed by atoms with E-state index in [0.29, 0.717) is 19.3 Å². The van der Waals surface area contributed by atoms with E-state index >= 15 is 0 Å². The summed E-state index contributed by atoms with van der Waals surface area (Å²) in [5, 5.41) is 11.6. The van der Waals surface area contributed by atoms with Crippen LogP contribution in [0, 0.1) is 0 Å². The minimum Gasteiger partial charge on any atom is -0.481 e. The first kappa shape index (κ1) is 15.5. The number of carboxylic acids is 1. The number of rotatable bonds is 5. The summed E-state index contributed by atoms with van der Waals surface area (Å²) in [5.41, 5.74) is 1.08. The number of urea groups is 1. The number of hydrogen-bond acceptors (Lipinski definition) is 3. The van der Waals surface area contributed by atoms with E-state index in [4.69, 9.17) is 5.11 Å². The fourth-order valence-electron chi connectivity index (χ4n) is 3.56. The summed E-state index contributed by atoms with van der Waals surface area (Å²) < 4.78 is 0. The maximum atomic E-state index is 12.9. The van der Waals surface area contributed by atoms with E-state index < -0.39 is 11.5 Å². The van der Waals surface area contributed by atoms with Crippen molar-refractivity contribution in [2.75, 3.05) is 6.54 Å². The van der Waals surface area contributed by atoms with Crippen LogP contribution in [-0.4, -0.2) is 34.5 Å². The van der Waals surface area contributed by atoms with Crippen LogP contribution in [0.3, 0.4) is 0 Å². The van der Waals surface area contributed by atoms with Crippen LogP contribution >= 0.6 is 0 Å². The zero-order chi connectivity index (χ0) is 16.4. The number of carbonyl (C=O) groups excluding carboxylic acids is 2. The number of carboxylic acid groups (broad SMARTS) is 1. The molecule has 1 aliphatic carbocycles. The van der Waals surface area contributed by atoms with Gasteiger partial charge in [0.1, 0.15) is 5.54 Å². The number of fused-ring (bicyclic) bond motifs is 2. The molecule has 0 radical (unpaired) electrons. The van der Waals surface area contributed by atoms with Crippen LogP contribution in [-0.2, 0) is 21.5 Å². The molecule has 1 heterocycles. The molecule has 1 unspecified atom stereocenters. The van der Waals surface area contributed by atoms with Crippen molar-refractivity contribution in [1.82, 2.24) is 10.2 Å². The van der Waals surface area contributed by atoms with Crippen molar-refractivity contribution in [3.8, 4) is 0 Å². The molecule has 0 saturated carbocycles. The molecule has 0 aromatic heterocycles. The number of nitrogens with one attached hydrogen (secondary N) is 1. The summed E-state index contributed by atoms with van der Waals surface area (Å²) in [6.07, 6.45) is 3.40. The molecule has 1 fully saturated rings. The number of carbonyl (C=O) groups is 3. The van der Waals surface area contributed by atoms with Crippen LogP contribution < -0.4 is 5.32 Å². The average molecular weight is 316 g/mol. The second kappa shape index (κ2) is 6.02. The molecule has 6 nitrogen and oxygen atoms in total. The molecule has 1 atom stereocenters. The minimum atomic E-state index is -0.932. The van der Waals surface area contributed by atoms with Crippen molar-refractivity contribution >= 4 is 17.9 Å². The maximum absolute atomic E-state index is 12.9. The highest BCUT2D eigenvalue weighted by Crippen LogP contribution is 2.39. The number of aryl methyl sites for hydroxylation is 1. The summed E-state index contributed by atoms with van der Waals surface area (Å²) in [7, 11) is 0. The van der Waals surface area contributed by atoms with Gasteiger partial charge in [0.25, 0.3) is 5.91 Å². The van der Waals surface area contributed by atoms with Crippen molar-refractivity contribution in [1.29, 1.82) is 0 Å². The lowest BCUT2D eigenvalue weighted by molar-refractivity contribution is -0.137. The predicted octanol–water partition coefficient (Wildman–Crippen LogP) is 2.02. The maximum Gasteiger partial charge on any atom is 0.325 e. The number of aliphatic carboxylic acids is 1. The molecule has 3 amide bonds. The Hall–Kier alpha value is -2.37. The number of benzene rings is 1. The highest BCUT2D eigenvalue weighted by atomic mass is 16.4. The summed E-state index contributed by atoms with van der Waals surface area (Å²) in [6.45, 7) is 0.266. The Morgan fingerprint density at radius 1 is 1.26 bits per heavy atom. The van der Waals surface area contributed by atoms with E-state index in [1.807, 2.05) is 24.3 Å². The van der Waals surface area contributed by atoms with Gasteiger partial charge in [-0.3, -0.25) is 14.5 Å². The lowest BCUT2D eigenvalue weighted by atomic mass is 9.76.